The Balaban J connectivity index is 4.88. The Hall–Kier alpha value is 1.72. The van der Waals surface area contributed by atoms with Gasteiger partial charge >= 0.3 is 0 Å². The SMILES string of the molecule is CP(C)CC(CP(C)C)(CP(C)C)P(C)C. The normalized spacial score (nSPS) is 13.5. The maximum absolute atomic E-state index is 2.52. The molecule has 0 atom stereocenters. The van der Waals surface area contributed by atoms with Crippen LogP contribution in [0.1, 0.15) is 0 Å². The van der Waals surface area contributed by atoms with Gasteiger partial charge in [0.2, 0.25) is 0 Å². The highest BCUT2D eigenvalue weighted by atomic mass is 31.1. The van der Waals surface area contributed by atoms with Crippen molar-refractivity contribution >= 4 is 31.7 Å². The molecule has 0 nitrogen and oxygen atoms in total. The molecule has 0 aromatic heterocycles. The average molecular weight is 298 g/mol. The Bertz CT molecular complexity index is 161. The Kier molecular flexibility index (Phi) is 8.86. The number of rotatable bonds is 7. The Morgan fingerprint density at radius 2 is 0.812 bits per heavy atom. The largest absolute Gasteiger partial charge is 0.112 e. The summed E-state index contributed by atoms with van der Waals surface area (Å²) in [5, 5.41) is 0.717. The first-order valence-electron chi connectivity index (χ1n) is 5.81. The molecule has 0 radical (unpaired) electrons. The van der Waals surface area contributed by atoms with Crippen LogP contribution >= 0.6 is 31.7 Å². The highest BCUT2D eigenvalue weighted by Crippen LogP contribution is 2.57. The molecule has 98 valence electrons. The summed E-state index contributed by atoms with van der Waals surface area (Å²) in [6.07, 6.45) is 4.55. The lowest BCUT2D eigenvalue weighted by Crippen LogP contribution is -2.37. The lowest BCUT2D eigenvalue weighted by atomic mass is 10.2. The van der Waals surface area contributed by atoms with Crippen molar-refractivity contribution in [2.75, 3.05) is 71.8 Å². The van der Waals surface area contributed by atoms with Crippen LogP contribution in [-0.2, 0) is 0 Å². The summed E-state index contributed by atoms with van der Waals surface area (Å²) >= 11 is 0. The van der Waals surface area contributed by atoms with E-state index >= 15 is 0 Å². The van der Waals surface area contributed by atoms with Gasteiger partial charge in [0.15, 0.2) is 0 Å². The highest BCUT2D eigenvalue weighted by molar-refractivity contribution is 7.65. The van der Waals surface area contributed by atoms with Crippen LogP contribution in [0, 0.1) is 0 Å². The molecule has 0 rings (SSSR count). The number of hydrogen-bond acceptors (Lipinski definition) is 0. The Morgan fingerprint density at radius 1 is 0.562 bits per heavy atom. The van der Waals surface area contributed by atoms with Crippen LogP contribution in [0.25, 0.3) is 0 Å². The van der Waals surface area contributed by atoms with E-state index in [-0.39, 0.29) is 31.7 Å². The molecule has 0 heterocycles. The Labute approximate surface area is 109 Å². The molecule has 0 spiro atoms. The third-order valence-electron chi connectivity index (χ3n) is 2.78. The molecule has 0 aromatic rings. The fourth-order valence-corrected chi connectivity index (χ4v) is 13.0. The third kappa shape index (κ3) is 6.60. The summed E-state index contributed by atoms with van der Waals surface area (Å²) in [6.45, 7) is 19.8. The van der Waals surface area contributed by atoms with Crippen LogP contribution in [0.3, 0.4) is 0 Å². The molecule has 0 saturated heterocycles. The van der Waals surface area contributed by atoms with Crippen LogP contribution in [0.5, 0.6) is 0 Å². The van der Waals surface area contributed by atoms with Gasteiger partial charge in [-0.1, -0.05) is 0 Å². The van der Waals surface area contributed by atoms with Crippen LogP contribution in [0.2, 0.25) is 0 Å². The van der Waals surface area contributed by atoms with Gasteiger partial charge in [0.1, 0.15) is 0 Å². The fraction of sp³-hybridized carbons (Fsp3) is 1.00. The molecule has 0 bridgehead atoms. The minimum atomic E-state index is 0.203. The summed E-state index contributed by atoms with van der Waals surface area (Å²) in [6, 6.07) is 0. The standard InChI is InChI=1S/C12H30P4/c1-13(2)9-12(16(7)8,10-14(3)4)11-15(5)6/h9-11H2,1-8H3. The van der Waals surface area contributed by atoms with E-state index in [1.54, 1.807) is 0 Å². The molecule has 0 aliphatic carbocycles. The predicted molar refractivity (Wildman–Crippen MR) is 92.4 cm³/mol. The second-order valence-corrected chi connectivity index (χ2v) is 16.0. The molecule has 0 amide bonds. The minimum Gasteiger partial charge on any atom is -0.112 e. The number of hydrogen-bond donors (Lipinski definition) is 0. The summed E-state index contributed by atoms with van der Waals surface area (Å²) in [5.41, 5.74) is 0. The van der Waals surface area contributed by atoms with Crippen molar-refractivity contribution in [1.82, 2.24) is 0 Å². The zero-order valence-electron chi connectivity index (χ0n) is 12.4. The van der Waals surface area contributed by atoms with E-state index in [0.29, 0.717) is 0 Å². The van der Waals surface area contributed by atoms with Gasteiger partial charge in [-0.2, -0.15) is 0 Å². The molecule has 0 fully saturated rings. The van der Waals surface area contributed by atoms with Gasteiger partial charge in [0, 0.05) is 5.16 Å². The molecule has 0 aromatic carbocycles. The van der Waals surface area contributed by atoms with Crippen molar-refractivity contribution in [2.24, 2.45) is 0 Å². The monoisotopic (exact) mass is 298 g/mol. The van der Waals surface area contributed by atoms with E-state index in [9.17, 15) is 0 Å². The fourth-order valence-electron chi connectivity index (χ4n) is 2.34. The first-order chi connectivity index (χ1) is 7.19. The quantitative estimate of drug-likeness (QED) is 0.598. The van der Waals surface area contributed by atoms with Gasteiger partial charge in [-0.15, -0.1) is 31.7 Å². The van der Waals surface area contributed by atoms with Crippen LogP contribution in [0.15, 0.2) is 0 Å². The van der Waals surface area contributed by atoms with Crippen LogP contribution in [-0.4, -0.2) is 77.0 Å². The lowest BCUT2D eigenvalue weighted by molar-refractivity contribution is 0.814. The molecule has 0 aliphatic rings. The predicted octanol–water partition coefficient (Wildman–Crippen LogP) is 4.69. The van der Waals surface area contributed by atoms with Gasteiger partial charge in [-0.05, 0) is 71.8 Å². The van der Waals surface area contributed by atoms with E-state index in [4.69, 9.17) is 0 Å². The second-order valence-electron chi connectivity index (χ2n) is 5.83. The lowest BCUT2D eigenvalue weighted by Gasteiger charge is -2.42. The van der Waals surface area contributed by atoms with Gasteiger partial charge < -0.3 is 0 Å². The maximum atomic E-state index is 2.52. The third-order valence-corrected chi connectivity index (χ3v) is 9.61. The molecule has 16 heavy (non-hydrogen) atoms. The van der Waals surface area contributed by atoms with E-state index < -0.39 is 0 Å². The molecular weight excluding hydrogens is 268 g/mol. The van der Waals surface area contributed by atoms with Crippen molar-refractivity contribution in [3.63, 3.8) is 0 Å². The topological polar surface area (TPSA) is 0 Å². The summed E-state index contributed by atoms with van der Waals surface area (Å²) in [5.74, 6) is 0. The first-order valence-corrected chi connectivity index (χ1v) is 15.3. The summed E-state index contributed by atoms with van der Waals surface area (Å²) < 4.78 is 0. The van der Waals surface area contributed by atoms with Crippen molar-refractivity contribution in [2.45, 2.75) is 5.16 Å². The van der Waals surface area contributed by atoms with Gasteiger partial charge in [0.05, 0.1) is 0 Å². The molecule has 0 unspecified atom stereocenters. The molecule has 0 saturated carbocycles. The van der Waals surface area contributed by atoms with Crippen molar-refractivity contribution < 1.29 is 0 Å². The molecule has 0 N–H and O–H groups in total. The summed E-state index contributed by atoms with van der Waals surface area (Å²) in [4.78, 5) is 0. The van der Waals surface area contributed by atoms with Crippen LogP contribution in [0.4, 0.5) is 0 Å². The zero-order valence-corrected chi connectivity index (χ0v) is 16.0. The van der Waals surface area contributed by atoms with E-state index in [2.05, 4.69) is 53.3 Å². The minimum absolute atomic E-state index is 0.203. The highest BCUT2D eigenvalue weighted by Gasteiger charge is 2.35. The molecular formula is C12H30P4. The maximum Gasteiger partial charge on any atom is 0.00176 e. The van der Waals surface area contributed by atoms with Crippen molar-refractivity contribution in [1.29, 1.82) is 0 Å². The summed E-state index contributed by atoms with van der Waals surface area (Å²) in [7, 11) is 0.968. The van der Waals surface area contributed by atoms with Gasteiger partial charge in [-0.3, -0.25) is 0 Å². The second kappa shape index (κ2) is 8.00. The zero-order chi connectivity index (χ0) is 12.9. The van der Waals surface area contributed by atoms with Gasteiger partial charge in [-0.25, -0.2) is 0 Å². The van der Waals surface area contributed by atoms with E-state index in [1.165, 1.54) is 18.5 Å². The van der Waals surface area contributed by atoms with E-state index in [0.717, 1.165) is 5.16 Å². The average Bonchev–Trinajstić information content (AvgIpc) is 1.98. The van der Waals surface area contributed by atoms with Crippen molar-refractivity contribution in [3.8, 4) is 0 Å². The van der Waals surface area contributed by atoms with Crippen LogP contribution < -0.4 is 0 Å². The smallest absolute Gasteiger partial charge is 0.00176 e. The van der Waals surface area contributed by atoms with Crippen molar-refractivity contribution in [3.05, 3.63) is 0 Å². The first kappa shape index (κ1) is 17.7. The van der Waals surface area contributed by atoms with E-state index in [1.807, 2.05) is 0 Å². The Morgan fingerprint density at radius 3 is 0.938 bits per heavy atom. The molecule has 4 heteroatoms. The van der Waals surface area contributed by atoms with Gasteiger partial charge in [0.25, 0.3) is 0 Å². The molecule has 0 aliphatic heterocycles.